The van der Waals surface area contributed by atoms with Gasteiger partial charge in [0.15, 0.2) is 0 Å². The molecule has 1 amide bonds. The number of ether oxygens (including phenoxy) is 1. The second-order valence-electron chi connectivity index (χ2n) is 8.19. The summed E-state index contributed by atoms with van der Waals surface area (Å²) in [6.07, 6.45) is -0.0421. The molecule has 1 atom stereocenters. The summed E-state index contributed by atoms with van der Waals surface area (Å²) in [5.74, 6) is -1.51. The van der Waals surface area contributed by atoms with Gasteiger partial charge in [-0.25, -0.2) is 9.18 Å². The summed E-state index contributed by atoms with van der Waals surface area (Å²) in [5, 5.41) is 2.90. The molecule has 0 aliphatic heterocycles. The number of hydrogen-bond donors (Lipinski definition) is 1. The molecule has 0 unspecified atom stereocenters. The molecular formula is C30H26FNO3. The Bertz CT molecular complexity index is 1180. The van der Waals surface area contributed by atoms with Crippen LogP contribution >= 0.6 is 0 Å². The summed E-state index contributed by atoms with van der Waals surface area (Å²) < 4.78 is 19.4. The van der Waals surface area contributed by atoms with Crippen LogP contribution in [0, 0.1) is 5.82 Å². The van der Waals surface area contributed by atoms with Crippen LogP contribution in [0.2, 0.25) is 0 Å². The van der Waals surface area contributed by atoms with E-state index in [9.17, 15) is 14.0 Å². The van der Waals surface area contributed by atoms with Crippen LogP contribution in [0.25, 0.3) is 0 Å². The van der Waals surface area contributed by atoms with Gasteiger partial charge in [-0.2, -0.15) is 0 Å². The predicted octanol–water partition coefficient (Wildman–Crippen LogP) is 5.06. The Labute approximate surface area is 204 Å². The summed E-state index contributed by atoms with van der Waals surface area (Å²) in [4.78, 5) is 27.1. The van der Waals surface area contributed by atoms with Gasteiger partial charge in [-0.1, -0.05) is 109 Å². The summed E-state index contributed by atoms with van der Waals surface area (Å²) in [5.41, 5.74) is 1.27. The van der Waals surface area contributed by atoms with Gasteiger partial charge in [-0.3, -0.25) is 4.79 Å². The number of amides is 1. The lowest BCUT2D eigenvalue weighted by Gasteiger charge is -2.35. The van der Waals surface area contributed by atoms with E-state index in [2.05, 4.69) is 5.32 Å². The van der Waals surface area contributed by atoms with E-state index in [4.69, 9.17) is 4.74 Å². The molecule has 176 valence electrons. The maximum Gasteiger partial charge on any atom is 0.328 e. The number of esters is 1. The third-order valence-corrected chi connectivity index (χ3v) is 6.13. The Morgan fingerprint density at radius 3 is 1.60 bits per heavy atom. The Morgan fingerprint density at radius 2 is 1.17 bits per heavy atom. The van der Waals surface area contributed by atoms with Crippen molar-refractivity contribution in [3.05, 3.63) is 143 Å². The lowest BCUT2D eigenvalue weighted by atomic mass is 9.68. The van der Waals surface area contributed by atoms with Crippen LogP contribution in [-0.2, 0) is 26.2 Å². The summed E-state index contributed by atoms with van der Waals surface area (Å²) in [6, 6.07) is 33.4. The number of carbonyl (C=O) groups is 2. The fraction of sp³-hybridized carbons (Fsp3) is 0.133. The zero-order valence-corrected chi connectivity index (χ0v) is 19.4. The van der Waals surface area contributed by atoms with Gasteiger partial charge in [0, 0.05) is 6.42 Å². The number of nitrogens with one attached hydrogen (secondary N) is 1. The van der Waals surface area contributed by atoms with Crippen molar-refractivity contribution in [1.29, 1.82) is 0 Å². The van der Waals surface area contributed by atoms with Crippen LogP contribution in [0.15, 0.2) is 115 Å². The summed E-state index contributed by atoms with van der Waals surface area (Å²) in [6.45, 7) is 0. The van der Waals surface area contributed by atoms with Crippen molar-refractivity contribution in [3.8, 4) is 0 Å². The number of halogens is 1. The molecule has 0 radical (unpaired) electrons. The van der Waals surface area contributed by atoms with Crippen molar-refractivity contribution in [1.82, 2.24) is 5.32 Å². The molecule has 1 N–H and O–H groups in total. The zero-order valence-electron chi connectivity index (χ0n) is 19.4. The van der Waals surface area contributed by atoms with Gasteiger partial charge in [0.05, 0.1) is 7.11 Å². The van der Waals surface area contributed by atoms with Gasteiger partial charge in [0.25, 0.3) is 0 Å². The zero-order chi connectivity index (χ0) is 24.7. The monoisotopic (exact) mass is 467 g/mol. The minimum Gasteiger partial charge on any atom is -0.467 e. The number of methoxy groups -OCH3 is 1. The van der Waals surface area contributed by atoms with E-state index >= 15 is 0 Å². The van der Waals surface area contributed by atoms with E-state index in [0.29, 0.717) is 5.56 Å². The van der Waals surface area contributed by atoms with Crippen molar-refractivity contribution in [3.63, 3.8) is 0 Å². The topological polar surface area (TPSA) is 55.4 Å². The third kappa shape index (κ3) is 4.85. The lowest BCUT2D eigenvalue weighted by molar-refractivity contribution is -0.145. The molecule has 5 heteroatoms. The molecule has 35 heavy (non-hydrogen) atoms. The smallest absolute Gasteiger partial charge is 0.328 e. The molecule has 0 aliphatic rings. The second kappa shape index (κ2) is 10.8. The van der Waals surface area contributed by atoms with Crippen molar-refractivity contribution < 1.29 is 18.7 Å². The van der Waals surface area contributed by atoms with E-state index in [1.54, 1.807) is 18.2 Å². The normalized spacial score (nSPS) is 11.9. The Balaban J connectivity index is 1.86. The van der Waals surface area contributed by atoms with E-state index in [1.165, 1.54) is 13.2 Å². The minimum atomic E-state index is -1.26. The standard InChI is InChI=1S/C30H26FNO3/c1-35-28(33)27(21-22-13-11-12-20-26(22)31)32-29(34)30(23-14-5-2-6-15-23,24-16-7-3-8-17-24)25-18-9-4-10-19-25/h2-20,27H,21H2,1H3,(H,32,34)/t27-/m0/s1. The lowest BCUT2D eigenvalue weighted by Crippen LogP contribution is -2.53. The molecule has 0 saturated carbocycles. The molecule has 0 fully saturated rings. The van der Waals surface area contributed by atoms with E-state index in [0.717, 1.165) is 16.7 Å². The van der Waals surface area contributed by atoms with Crippen molar-refractivity contribution in [2.45, 2.75) is 17.9 Å². The fourth-order valence-electron chi connectivity index (χ4n) is 4.44. The van der Waals surface area contributed by atoms with Gasteiger partial charge in [-0.15, -0.1) is 0 Å². The molecule has 0 heterocycles. The Kier molecular flexibility index (Phi) is 7.36. The van der Waals surface area contributed by atoms with E-state index < -0.39 is 29.2 Å². The van der Waals surface area contributed by atoms with Crippen molar-refractivity contribution in [2.75, 3.05) is 7.11 Å². The number of benzene rings is 4. The highest BCUT2D eigenvalue weighted by atomic mass is 19.1. The average Bonchev–Trinajstić information content (AvgIpc) is 2.91. The summed E-state index contributed by atoms with van der Waals surface area (Å²) in [7, 11) is 1.25. The predicted molar refractivity (Wildman–Crippen MR) is 133 cm³/mol. The number of carbonyl (C=O) groups excluding carboxylic acids is 2. The van der Waals surface area contributed by atoms with Gasteiger partial charge < -0.3 is 10.1 Å². The molecule has 4 aromatic carbocycles. The van der Waals surface area contributed by atoms with E-state index in [-0.39, 0.29) is 6.42 Å². The first kappa shape index (κ1) is 23.9. The largest absolute Gasteiger partial charge is 0.467 e. The Morgan fingerprint density at radius 1 is 0.743 bits per heavy atom. The van der Waals surface area contributed by atoms with E-state index in [1.807, 2.05) is 91.0 Å². The van der Waals surface area contributed by atoms with Crippen LogP contribution < -0.4 is 5.32 Å². The summed E-state index contributed by atoms with van der Waals surface area (Å²) >= 11 is 0. The molecule has 4 aromatic rings. The highest BCUT2D eigenvalue weighted by Crippen LogP contribution is 2.39. The molecule has 0 saturated heterocycles. The number of hydrogen-bond acceptors (Lipinski definition) is 3. The van der Waals surface area contributed by atoms with Crippen LogP contribution in [0.1, 0.15) is 22.3 Å². The maximum absolute atomic E-state index is 14.4. The van der Waals surface area contributed by atoms with Crippen LogP contribution in [0.3, 0.4) is 0 Å². The van der Waals surface area contributed by atoms with Gasteiger partial charge >= 0.3 is 5.97 Å². The molecule has 0 bridgehead atoms. The van der Waals surface area contributed by atoms with Crippen LogP contribution in [0.5, 0.6) is 0 Å². The molecule has 0 aliphatic carbocycles. The SMILES string of the molecule is COC(=O)[C@H](Cc1ccccc1F)NC(=O)C(c1ccccc1)(c1ccccc1)c1ccccc1. The average molecular weight is 468 g/mol. The fourth-order valence-corrected chi connectivity index (χ4v) is 4.44. The van der Waals surface area contributed by atoms with Crippen LogP contribution in [-0.4, -0.2) is 25.0 Å². The molecular weight excluding hydrogens is 441 g/mol. The first-order valence-corrected chi connectivity index (χ1v) is 11.4. The van der Waals surface area contributed by atoms with Gasteiger partial charge in [-0.05, 0) is 28.3 Å². The highest BCUT2D eigenvalue weighted by Gasteiger charge is 2.45. The molecule has 0 aromatic heterocycles. The minimum absolute atomic E-state index is 0.0421. The van der Waals surface area contributed by atoms with Gasteiger partial charge in [0.1, 0.15) is 17.3 Å². The quantitative estimate of drug-likeness (QED) is 0.291. The number of rotatable bonds is 8. The second-order valence-corrected chi connectivity index (χ2v) is 8.19. The van der Waals surface area contributed by atoms with Crippen molar-refractivity contribution >= 4 is 11.9 Å². The first-order chi connectivity index (χ1) is 17.1. The first-order valence-electron chi connectivity index (χ1n) is 11.4. The molecule has 4 nitrogen and oxygen atoms in total. The maximum atomic E-state index is 14.4. The van der Waals surface area contributed by atoms with Crippen molar-refractivity contribution in [2.24, 2.45) is 0 Å². The molecule has 4 rings (SSSR count). The highest BCUT2D eigenvalue weighted by molar-refractivity contribution is 5.98. The third-order valence-electron chi connectivity index (χ3n) is 6.13. The Hall–Kier alpha value is -4.25. The van der Waals surface area contributed by atoms with Gasteiger partial charge in [0.2, 0.25) is 5.91 Å². The van der Waals surface area contributed by atoms with Crippen LogP contribution in [0.4, 0.5) is 4.39 Å². The molecule has 0 spiro atoms.